The molecule has 0 aliphatic carbocycles. The molecule has 1 atom stereocenters. The number of nitrogens with zero attached hydrogens (tertiary/aromatic N) is 1. The van der Waals surface area contributed by atoms with Crippen molar-refractivity contribution in [2.75, 3.05) is 18.4 Å². The zero-order valence-corrected chi connectivity index (χ0v) is 17.6. The van der Waals surface area contributed by atoms with Crippen LogP contribution in [-0.4, -0.2) is 23.9 Å². The van der Waals surface area contributed by atoms with Gasteiger partial charge in [-0.25, -0.2) is 4.98 Å². The molecule has 5 nitrogen and oxygen atoms in total. The molecule has 1 unspecified atom stereocenters. The predicted molar refractivity (Wildman–Crippen MR) is 121 cm³/mol. The highest BCUT2D eigenvalue weighted by Crippen LogP contribution is 2.37. The Balaban J connectivity index is 1.99. The van der Waals surface area contributed by atoms with Gasteiger partial charge >= 0.3 is 0 Å². The molecule has 148 valence electrons. The third-order valence-corrected chi connectivity index (χ3v) is 5.71. The molecule has 0 amide bonds. The van der Waals surface area contributed by atoms with Gasteiger partial charge in [-0.05, 0) is 40.0 Å². The quantitative estimate of drug-likeness (QED) is 0.511. The fraction of sp³-hybridized carbons (Fsp3) is 0.217. The lowest BCUT2D eigenvalue weighted by Gasteiger charge is -2.34. The number of nitrogens with one attached hydrogen (secondary N) is 2. The number of pyridine rings is 1. The number of aromatic nitrogens is 1. The number of Topliss-reactive ketones (excluding diaryl/α,β-unsaturated/α-hetero) is 1. The van der Waals surface area contributed by atoms with Gasteiger partial charge in [0.2, 0.25) is 0 Å². The molecule has 0 spiro atoms. The molecule has 29 heavy (non-hydrogen) atoms. The standard InChI is InChI=1S/C23H23BrN4O/c24-22-12-6-11-21(29)23(28-22,16-7-2-1-3-8-16)20-15-19(26-14-13-25)17-9-4-5-10-18(17)27-20/h1-5,7-10,12,15,28H,6,11,13-14,25H2,(H,26,27). The Morgan fingerprint density at radius 2 is 1.90 bits per heavy atom. The zero-order chi connectivity index (χ0) is 20.3. The van der Waals surface area contributed by atoms with E-state index in [1.165, 1.54) is 0 Å². The number of rotatable bonds is 5. The zero-order valence-electron chi connectivity index (χ0n) is 16.0. The normalized spacial score (nSPS) is 19.4. The third kappa shape index (κ3) is 3.66. The van der Waals surface area contributed by atoms with E-state index in [0.29, 0.717) is 31.6 Å². The van der Waals surface area contributed by atoms with Crippen LogP contribution in [0.2, 0.25) is 0 Å². The van der Waals surface area contributed by atoms with Crippen molar-refractivity contribution < 1.29 is 4.79 Å². The molecule has 1 aliphatic heterocycles. The second-order valence-corrected chi connectivity index (χ2v) is 7.90. The highest BCUT2D eigenvalue weighted by Gasteiger charge is 2.44. The second kappa shape index (κ2) is 8.35. The lowest BCUT2D eigenvalue weighted by atomic mass is 9.80. The lowest BCUT2D eigenvalue weighted by Crippen LogP contribution is -2.49. The summed E-state index contributed by atoms with van der Waals surface area (Å²) < 4.78 is 0.790. The van der Waals surface area contributed by atoms with Crippen LogP contribution in [-0.2, 0) is 10.3 Å². The first kappa shape index (κ1) is 19.6. The summed E-state index contributed by atoms with van der Waals surface area (Å²) in [6.45, 7) is 1.15. The maximum Gasteiger partial charge on any atom is 0.169 e. The summed E-state index contributed by atoms with van der Waals surface area (Å²) in [6.07, 6.45) is 3.10. The largest absolute Gasteiger partial charge is 0.383 e. The molecule has 0 saturated carbocycles. The number of benzene rings is 2. The number of allylic oxidation sites excluding steroid dienone is 1. The number of anilines is 1. The average Bonchev–Trinajstić information content (AvgIpc) is 2.91. The molecule has 0 radical (unpaired) electrons. The Hall–Kier alpha value is -2.70. The van der Waals surface area contributed by atoms with Crippen LogP contribution >= 0.6 is 15.9 Å². The molecule has 2 heterocycles. The van der Waals surface area contributed by atoms with Crippen LogP contribution in [0.15, 0.2) is 71.3 Å². The number of fused-ring (bicyclic) bond motifs is 1. The van der Waals surface area contributed by atoms with Gasteiger partial charge < -0.3 is 16.4 Å². The molecule has 4 N–H and O–H groups in total. The fourth-order valence-corrected chi connectivity index (χ4v) is 4.34. The first-order valence-corrected chi connectivity index (χ1v) is 10.5. The van der Waals surface area contributed by atoms with Crippen LogP contribution < -0.4 is 16.4 Å². The van der Waals surface area contributed by atoms with Crippen LogP contribution in [0.1, 0.15) is 24.1 Å². The molecule has 1 aliphatic rings. The maximum atomic E-state index is 13.5. The summed E-state index contributed by atoms with van der Waals surface area (Å²) in [5, 5.41) is 7.84. The molecule has 0 saturated heterocycles. The predicted octanol–water partition coefficient (Wildman–Crippen LogP) is 4.04. The van der Waals surface area contributed by atoms with E-state index in [9.17, 15) is 4.79 Å². The number of hydrogen-bond acceptors (Lipinski definition) is 5. The Morgan fingerprint density at radius 1 is 1.14 bits per heavy atom. The minimum Gasteiger partial charge on any atom is -0.383 e. The topological polar surface area (TPSA) is 80.0 Å². The van der Waals surface area contributed by atoms with Crippen molar-refractivity contribution in [2.45, 2.75) is 18.4 Å². The van der Waals surface area contributed by atoms with Crippen molar-refractivity contribution in [3.05, 3.63) is 82.6 Å². The molecular formula is C23H23BrN4O. The van der Waals surface area contributed by atoms with E-state index in [0.717, 1.165) is 26.8 Å². The molecular weight excluding hydrogens is 428 g/mol. The van der Waals surface area contributed by atoms with Crippen LogP contribution in [0, 0.1) is 0 Å². The Labute approximate surface area is 178 Å². The van der Waals surface area contributed by atoms with Crippen molar-refractivity contribution in [2.24, 2.45) is 5.73 Å². The molecule has 1 aromatic heterocycles. The van der Waals surface area contributed by atoms with Crippen LogP contribution in [0.5, 0.6) is 0 Å². The van der Waals surface area contributed by atoms with Gasteiger partial charge in [-0.1, -0.05) is 54.6 Å². The van der Waals surface area contributed by atoms with Gasteiger partial charge in [0.05, 0.1) is 15.8 Å². The Bertz CT molecular complexity index is 1070. The third-order valence-electron chi connectivity index (χ3n) is 5.19. The summed E-state index contributed by atoms with van der Waals surface area (Å²) in [7, 11) is 0. The van der Waals surface area contributed by atoms with Gasteiger partial charge in [0, 0.05) is 30.6 Å². The van der Waals surface area contributed by atoms with Gasteiger partial charge in [-0.2, -0.15) is 0 Å². The fourth-order valence-electron chi connectivity index (χ4n) is 3.81. The van der Waals surface area contributed by atoms with E-state index in [-0.39, 0.29) is 5.78 Å². The summed E-state index contributed by atoms with van der Waals surface area (Å²) >= 11 is 3.58. The maximum absolute atomic E-state index is 13.5. The SMILES string of the molecule is NCCNc1cc(C2(c3ccccc3)NC(Br)=CCCC2=O)nc2ccccc12. The van der Waals surface area contributed by atoms with Crippen LogP contribution in [0.25, 0.3) is 10.9 Å². The molecule has 3 aromatic rings. The number of carbonyl (C=O) groups excluding carboxylic acids is 1. The Morgan fingerprint density at radius 3 is 2.69 bits per heavy atom. The van der Waals surface area contributed by atoms with Crippen molar-refractivity contribution in [3.63, 3.8) is 0 Å². The number of para-hydroxylation sites is 1. The van der Waals surface area contributed by atoms with E-state index in [1.807, 2.05) is 66.7 Å². The highest BCUT2D eigenvalue weighted by atomic mass is 79.9. The van der Waals surface area contributed by atoms with Crippen LogP contribution in [0.4, 0.5) is 5.69 Å². The molecule has 2 aromatic carbocycles. The van der Waals surface area contributed by atoms with Crippen LogP contribution in [0.3, 0.4) is 0 Å². The monoisotopic (exact) mass is 450 g/mol. The van der Waals surface area contributed by atoms with E-state index in [2.05, 4.69) is 26.6 Å². The van der Waals surface area contributed by atoms with Gasteiger partial charge in [-0.15, -0.1) is 0 Å². The molecule has 6 heteroatoms. The van der Waals surface area contributed by atoms with E-state index in [1.54, 1.807) is 0 Å². The van der Waals surface area contributed by atoms with Crippen molar-refractivity contribution >= 4 is 38.3 Å². The number of nitrogens with two attached hydrogens (primary N) is 1. The van der Waals surface area contributed by atoms with Gasteiger partial charge in [0.25, 0.3) is 0 Å². The molecule has 0 bridgehead atoms. The summed E-state index contributed by atoms with van der Waals surface area (Å²) in [6, 6.07) is 19.7. The number of ketones is 1. The van der Waals surface area contributed by atoms with E-state index >= 15 is 0 Å². The first-order valence-electron chi connectivity index (χ1n) is 9.72. The van der Waals surface area contributed by atoms with Gasteiger partial charge in [0.1, 0.15) is 0 Å². The first-order chi connectivity index (χ1) is 14.1. The van der Waals surface area contributed by atoms with Crippen molar-refractivity contribution in [1.82, 2.24) is 10.3 Å². The second-order valence-electron chi connectivity index (χ2n) is 7.04. The van der Waals surface area contributed by atoms with Gasteiger partial charge in [-0.3, -0.25) is 4.79 Å². The molecule has 4 rings (SSSR count). The summed E-state index contributed by atoms with van der Waals surface area (Å²) in [4.78, 5) is 18.5. The number of hydrogen-bond donors (Lipinski definition) is 3. The minimum absolute atomic E-state index is 0.0851. The number of halogens is 1. The number of carbonyl (C=O) groups is 1. The van der Waals surface area contributed by atoms with Crippen molar-refractivity contribution in [1.29, 1.82) is 0 Å². The summed E-state index contributed by atoms with van der Waals surface area (Å²) in [5.74, 6) is 0.0851. The highest BCUT2D eigenvalue weighted by molar-refractivity contribution is 9.11. The summed E-state index contributed by atoms with van der Waals surface area (Å²) in [5.41, 5.74) is 7.93. The smallest absolute Gasteiger partial charge is 0.169 e. The Kier molecular flexibility index (Phi) is 5.65. The van der Waals surface area contributed by atoms with E-state index in [4.69, 9.17) is 10.7 Å². The van der Waals surface area contributed by atoms with E-state index < -0.39 is 5.54 Å². The lowest BCUT2D eigenvalue weighted by molar-refractivity contribution is -0.123. The van der Waals surface area contributed by atoms with Gasteiger partial charge in [0.15, 0.2) is 11.3 Å². The average molecular weight is 451 g/mol. The minimum atomic E-state index is -1.07. The molecule has 0 fully saturated rings. The van der Waals surface area contributed by atoms with Crippen molar-refractivity contribution in [3.8, 4) is 0 Å².